The van der Waals surface area contributed by atoms with E-state index in [-0.39, 0.29) is 12.1 Å². The lowest BCUT2D eigenvalue weighted by molar-refractivity contribution is 0.117. The molecule has 0 radical (unpaired) electrons. The van der Waals surface area contributed by atoms with Crippen LogP contribution in [0.15, 0.2) is 17.2 Å². The highest BCUT2D eigenvalue weighted by molar-refractivity contribution is 7.89. The maximum atomic E-state index is 12.4. The number of aryl methyl sites for hydroxylation is 1. The van der Waals surface area contributed by atoms with Gasteiger partial charge < -0.3 is 14.6 Å². The van der Waals surface area contributed by atoms with Crippen LogP contribution in [0, 0.1) is 0 Å². The summed E-state index contributed by atoms with van der Waals surface area (Å²) in [5.41, 5.74) is 0.947. The molecule has 114 valence electrons. The van der Waals surface area contributed by atoms with Gasteiger partial charge in [-0.05, 0) is 26.0 Å². The van der Waals surface area contributed by atoms with E-state index in [0.29, 0.717) is 18.0 Å². The molecule has 6 nitrogen and oxygen atoms in total. The number of nitrogens with one attached hydrogen (secondary N) is 2. The van der Waals surface area contributed by atoms with Gasteiger partial charge in [0, 0.05) is 32.1 Å². The maximum absolute atomic E-state index is 12.4. The predicted octanol–water partition coefficient (Wildman–Crippen LogP) is 0.590. The zero-order valence-corrected chi connectivity index (χ0v) is 13.0. The van der Waals surface area contributed by atoms with E-state index in [0.717, 1.165) is 18.7 Å². The molecule has 0 spiro atoms. The third-order valence-electron chi connectivity index (χ3n) is 3.63. The Morgan fingerprint density at radius 3 is 2.85 bits per heavy atom. The minimum Gasteiger partial charge on any atom is -0.377 e. The number of hydrogen-bond donors (Lipinski definition) is 2. The number of aromatic nitrogens is 1. The van der Waals surface area contributed by atoms with Crippen molar-refractivity contribution in [2.45, 2.75) is 43.9 Å². The van der Waals surface area contributed by atoms with Crippen LogP contribution in [0.3, 0.4) is 0 Å². The van der Waals surface area contributed by atoms with Crippen molar-refractivity contribution in [2.75, 3.05) is 13.2 Å². The van der Waals surface area contributed by atoms with E-state index in [2.05, 4.69) is 10.0 Å². The van der Waals surface area contributed by atoms with Crippen LogP contribution in [0.1, 0.15) is 26.0 Å². The Kier molecular flexibility index (Phi) is 4.85. The molecule has 2 unspecified atom stereocenters. The van der Waals surface area contributed by atoms with Crippen LogP contribution in [0.25, 0.3) is 0 Å². The van der Waals surface area contributed by atoms with Crippen LogP contribution in [0.4, 0.5) is 0 Å². The first-order chi connectivity index (χ1) is 9.44. The van der Waals surface area contributed by atoms with Crippen LogP contribution in [0.2, 0.25) is 0 Å². The summed E-state index contributed by atoms with van der Waals surface area (Å²) in [7, 11) is -1.63. The monoisotopic (exact) mass is 301 g/mol. The van der Waals surface area contributed by atoms with E-state index in [1.807, 2.05) is 25.5 Å². The fourth-order valence-electron chi connectivity index (χ4n) is 2.31. The van der Waals surface area contributed by atoms with Gasteiger partial charge in [0.2, 0.25) is 10.0 Å². The minimum absolute atomic E-state index is 0.0743. The SMILES string of the molecule is CCNCc1cc(S(=O)(=O)NC2CCOC2C)cn1C. The van der Waals surface area contributed by atoms with Gasteiger partial charge in [0.15, 0.2) is 0 Å². The number of nitrogens with zero attached hydrogens (tertiary/aromatic N) is 1. The molecule has 0 saturated carbocycles. The van der Waals surface area contributed by atoms with Gasteiger partial charge >= 0.3 is 0 Å². The molecule has 0 amide bonds. The molecule has 1 aromatic heterocycles. The van der Waals surface area contributed by atoms with Crippen LogP contribution in [0.5, 0.6) is 0 Å². The van der Waals surface area contributed by atoms with Crippen molar-refractivity contribution in [1.29, 1.82) is 0 Å². The van der Waals surface area contributed by atoms with E-state index in [1.54, 1.807) is 12.3 Å². The van der Waals surface area contributed by atoms with E-state index in [4.69, 9.17) is 4.74 Å². The fourth-order valence-corrected chi connectivity index (χ4v) is 3.74. The highest BCUT2D eigenvalue weighted by Gasteiger charge is 2.29. The highest BCUT2D eigenvalue weighted by Crippen LogP contribution is 2.18. The van der Waals surface area contributed by atoms with Crippen LogP contribution in [-0.4, -0.2) is 38.3 Å². The molecule has 1 aromatic rings. The summed E-state index contributed by atoms with van der Waals surface area (Å²) in [4.78, 5) is 0.312. The van der Waals surface area contributed by atoms with Crippen molar-refractivity contribution in [2.24, 2.45) is 7.05 Å². The standard InChI is InChI=1S/C13H23N3O3S/c1-4-14-8-11-7-12(9-16(11)3)20(17,18)15-13-5-6-19-10(13)2/h7,9-10,13-15H,4-6,8H2,1-3H3. The Labute approximate surface area is 120 Å². The third-order valence-corrected chi connectivity index (χ3v) is 5.09. The van der Waals surface area contributed by atoms with E-state index < -0.39 is 10.0 Å². The van der Waals surface area contributed by atoms with Gasteiger partial charge in [-0.15, -0.1) is 0 Å². The molecule has 2 atom stereocenters. The number of ether oxygens (including phenoxy) is 1. The van der Waals surface area contributed by atoms with E-state index in [9.17, 15) is 8.42 Å². The predicted molar refractivity (Wildman–Crippen MR) is 76.9 cm³/mol. The molecule has 0 bridgehead atoms. The second-order valence-corrected chi connectivity index (χ2v) is 6.86. The lowest BCUT2D eigenvalue weighted by Crippen LogP contribution is -2.38. The minimum atomic E-state index is -3.48. The average Bonchev–Trinajstić information content (AvgIpc) is 2.94. The Bertz CT molecular complexity index is 553. The van der Waals surface area contributed by atoms with Crippen LogP contribution in [-0.2, 0) is 28.4 Å². The average molecular weight is 301 g/mol. The molecule has 1 aliphatic heterocycles. The Morgan fingerprint density at radius 1 is 1.50 bits per heavy atom. The summed E-state index contributed by atoms with van der Waals surface area (Å²) < 4.78 is 34.7. The molecule has 1 aliphatic rings. The summed E-state index contributed by atoms with van der Waals surface area (Å²) in [5.74, 6) is 0. The first-order valence-corrected chi connectivity index (χ1v) is 8.42. The molecular weight excluding hydrogens is 278 g/mol. The Hall–Kier alpha value is -0.890. The third kappa shape index (κ3) is 3.41. The Morgan fingerprint density at radius 2 is 2.25 bits per heavy atom. The maximum Gasteiger partial charge on any atom is 0.242 e. The smallest absolute Gasteiger partial charge is 0.242 e. The topological polar surface area (TPSA) is 72.4 Å². The van der Waals surface area contributed by atoms with Gasteiger partial charge in [-0.1, -0.05) is 6.92 Å². The van der Waals surface area contributed by atoms with Crippen molar-refractivity contribution in [1.82, 2.24) is 14.6 Å². The fraction of sp³-hybridized carbons (Fsp3) is 0.692. The zero-order chi connectivity index (χ0) is 14.8. The summed E-state index contributed by atoms with van der Waals surface area (Å²) >= 11 is 0. The van der Waals surface area contributed by atoms with Crippen molar-refractivity contribution < 1.29 is 13.2 Å². The summed E-state index contributed by atoms with van der Waals surface area (Å²) in [6.07, 6.45) is 2.29. The lowest BCUT2D eigenvalue weighted by atomic mass is 10.2. The van der Waals surface area contributed by atoms with Crippen LogP contribution < -0.4 is 10.0 Å². The second kappa shape index (κ2) is 6.26. The van der Waals surface area contributed by atoms with Gasteiger partial charge in [-0.25, -0.2) is 13.1 Å². The van der Waals surface area contributed by atoms with Crippen molar-refractivity contribution in [3.05, 3.63) is 18.0 Å². The summed E-state index contributed by atoms with van der Waals surface area (Å²) in [6.45, 7) is 6.02. The van der Waals surface area contributed by atoms with Crippen molar-refractivity contribution in [3.63, 3.8) is 0 Å². The molecule has 2 rings (SSSR count). The van der Waals surface area contributed by atoms with Gasteiger partial charge in [0.1, 0.15) is 0 Å². The van der Waals surface area contributed by atoms with Gasteiger partial charge in [-0.2, -0.15) is 0 Å². The molecular formula is C13H23N3O3S. The van der Waals surface area contributed by atoms with Gasteiger partial charge in [0.05, 0.1) is 17.0 Å². The molecule has 1 fully saturated rings. The Balaban J connectivity index is 2.13. The largest absolute Gasteiger partial charge is 0.377 e. The molecule has 2 N–H and O–H groups in total. The number of sulfonamides is 1. The summed E-state index contributed by atoms with van der Waals surface area (Å²) in [5, 5.41) is 3.19. The van der Waals surface area contributed by atoms with Crippen molar-refractivity contribution in [3.8, 4) is 0 Å². The molecule has 1 saturated heterocycles. The lowest BCUT2D eigenvalue weighted by Gasteiger charge is -2.15. The molecule has 0 aromatic carbocycles. The van der Waals surface area contributed by atoms with Gasteiger partial charge in [-0.3, -0.25) is 0 Å². The zero-order valence-electron chi connectivity index (χ0n) is 12.2. The van der Waals surface area contributed by atoms with E-state index >= 15 is 0 Å². The molecule has 0 aliphatic carbocycles. The van der Waals surface area contributed by atoms with Crippen LogP contribution >= 0.6 is 0 Å². The normalized spacial score (nSPS) is 23.4. The summed E-state index contributed by atoms with van der Waals surface area (Å²) in [6, 6.07) is 1.57. The quantitative estimate of drug-likeness (QED) is 0.807. The first kappa shape index (κ1) is 15.5. The molecule has 20 heavy (non-hydrogen) atoms. The number of rotatable bonds is 6. The highest BCUT2D eigenvalue weighted by atomic mass is 32.2. The number of hydrogen-bond acceptors (Lipinski definition) is 4. The van der Waals surface area contributed by atoms with Crippen molar-refractivity contribution >= 4 is 10.0 Å². The van der Waals surface area contributed by atoms with Gasteiger partial charge in [0.25, 0.3) is 0 Å². The van der Waals surface area contributed by atoms with E-state index in [1.165, 1.54) is 0 Å². The first-order valence-electron chi connectivity index (χ1n) is 6.94. The molecule has 2 heterocycles. The molecule has 7 heteroatoms. The second-order valence-electron chi connectivity index (χ2n) is 5.15.